The van der Waals surface area contributed by atoms with E-state index in [0.29, 0.717) is 20.7 Å². The van der Waals surface area contributed by atoms with Gasteiger partial charge in [0, 0.05) is 9.99 Å². The molecule has 24 heavy (non-hydrogen) atoms. The van der Waals surface area contributed by atoms with Crippen molar-refractivity contribution in [3.63, 3.8) is 0 Å². The number of aryl methyl sites for hydroxylation is 1. The lowest BCUT2D eigenvalue weighted by molar-refractivity contribution is 0.102. The Hall–Kier alpha value is -1.87. The third-order valence-corrected chi connectivity index (χ3v) is 5.07. The van der Waals surface area contributed by atoms with E-state index >= 15 is 0 Å². The summed E-state index contributed by atoms with van der Waals surface area (Å²) >= 11 is 3.27. The first-order valence-electron chi connectivity index (χ1n) is 7.15. The second kappa shape index (κ2) is 7.35. The van der Waals surface area contributed by atoms with E-state index in [4.69, 9.17) is 0 Å². The van der Waals surface area contributed by atoms with Crippen LogP contribution in [0.4, 0.5) is 9.52 Å². The molecule has 7 heteroatoms. The summed E-state index contributed by atoms with van der Waals surface area (Å²) < 4.78 is 13.7. The number of carbonyl (C=O) groups is 1. The number of anilines is 1. The van der Waals surface area contributed by atoms with Gasteiger partial charge in [0.2, 0.25) is 5.13 Å². The molecular weight excluding hydrogens is 440 g/mol. The molecule has 2 aromatic carbocycles. The molecule has 0 radical (unpaired) electrons. The summed E-state index contributed by atoms with van der Waals surface area (Å²) in [6, 6.07) is 12.2. The van der Waals surface area contributed by atoms with Crippen molar-refractivity contribution in [2.24, 2.45) is 0 Å². The number of carbonyl (C=O) groups excluding carboxylic acids is 1. The monoisotopic (exact) mass is 453 g/mol. The number of benzene rings is 2. The molecule has 122 valence electrons. The van der Waals surface area contributed by atoms with E-state index in [0.717, 1.165) is 10.6 Å². The quantitative estimate of drug-likeness (QED) is 0.595. The minimum absolute atomic E-state index is 0.322. The molecule has 0 atom stereocenters. The molecule has 3 aromatic rings. The van der Waals surface area contributed by atoms with Crippen molar-refractivity contribution in [1.29, 1.82) is 0 Å². The lowest BCUT2D eigenvalue weighted by atomic mass is 10.1. The number of halogens is 2. The van der Waals surface area contributed by atoms with Crippen LogP contribution >= 0.6 is 33.9 Å². The lowest BCUT2D eigenvalue weighted by Crippen LogP contribution is -2.13. The van der Waals surface area contributed by atoms with Crippen LogP contribution in [0, 0.1) is 16.3 Å². The van der Waals surface area contributed by atoms with Crippen LogP contribution in [0.25, 0.3) is 0 Å². The first-order chi connectivity index (χ1) is 11.5. The number of aromatic nitrogens is 2. The minimum Gasteiger partial charge on any atom is -0.296 e. The van der Waals surface area contributed by atoms with Crippen molar-refractivity contribution in [2.75, 3.05) is 5.32 Å². The molecule has 0 spiro atoms. The van der Waals surface area contributed by atoms with Crippen LogP contribution in [0.15, 0.2) is 42.5 Å². The van der Waals surface area contributed by atoms with Gasteiger partial charge in [0.1, 0.15) is 10.8 Å². The topological polar surface area (TPSA) is 54.9 Å². The average molecular weight is 453 g/mol. The van der Waals surface area contributed by atoms with Crippen molar-refractivity contribution < 1.29 is 9.18 Å². The van der Waals surface area contributed by atoms with E-state index in [1.807, 2.05) is 29.5 Å². The van der Waals surface area contributed by atoms with Gasteiger partial charge in [0.05, 0.1) is 5.56 Å². The summed E-state index contributed by atoms with van der Waals surface area (Å²) in [5.74, 6) is -0.690. The highest BCUT2D eigenvalue weighted by Crippen LogP contribution is 2.21. The molecule has 0 bridgehead atoms. The molecule has 0 aliphatic carbocycles. The van der Waals surface area contributed by atoms with E-state index in [1.54, 1.807) is 0 Å². The van der Waals surface area contributed by atoms with Gasteiger partial charge in [-0.1, -0.05) is 41.2 Å². The van der Waals surface area contributed by atoms with Crippen molar-refractivity contribution in [3.05, 3.63) is 73.5 Å². The molecule has 0 unspecified atom stereocenters. The zero-order valence-electron chi connectivity index (χ0n) is 12.7. The molecule has 0 saturated carbocycles. The largest absolute Gasteiger partial charge is 0.296 e. The predicted octanol–water partition coefficient (Wildman–Crippen LogP) is 4.43. The standard InChI is InChI=1S/C17H13FIN3OS/c1-10-2-4-11(5-3-10)8-15-21-22-17(24-15)20-16(23)13-7-6-12(18)9-14(13)19/h2-7,9H,8H2,1H3,(H,20,22,23). The zero-order valence-corrected chi connectivity index (χ0v) is 15.7. The Bertz CT molecular complexity index is 880. The summed E-state index contributed by atoms with van der Waals surface area (Å²) in [5, 5.41) is 12.1. The molecule has 0 fully saturated rings. The summed E-state index contributed by atoms with van der Waals surface area (Å²) in [6.07, 6.45) is 0.669. The van der Waals surface area contributed by atoms with Crippen molar-refractivity contribution >= 4 is 45.0 Å². The van der Waals surface area contributed by atoms with Gasteiger partial charge < -0.3 is 0 Å². The van der Waals surface area contributed by atoms with Crippen LogP contribution in [0.3, 0.4) is 0 Å². The fraction of sp³-hybridized carbons (Fsp3) is 0.118. The van der Waals surface area contributed by atoms with Gasteiger partial charge in [-0.15, -0.1) is 10.2 Å². The first-order valence-corrected chi connectivity index (χ1v) is 9.05. The van der Waals surface area contributed by atoms with E-state index in [9.17, 15) is 9.18 Å². The van der Waals surface area contributed by atoms with Gasteiger partial charge in [-0.25, -0.2) is 4.39 Å². The highest BCUT2D eigenvalue weighted by atomic mass is 127. The van der Waals surface area contributed by atoms with E-state index in [1.165, 1.54) is 35.1 Å². The van der Waals surface area contributed by atoms with Crippen LogP contribution in [0.5, 0.6) is 0 Å². The zero-order chi connectivity index (χ0) is 17.1. The third-order valence-electron chi connectivity index (χ3n) is 3.34. The Balaban J connectivity index is 1.69. The van der Waals surface area contributed by atoms with Crippen LogP contribution in [0.2, 0.25) is 0 Å². The minimum atomic E-state index is -0.368. The Morgan fingerprint density at radius 3 is 2.67 bits per heavy atom. The van der Waals surface area contributed by atoms with Gasteiger partial charge in [-0.2, -0.15) is 0 Å². The second-order valence-corrected chi connectivity index (χ2v) is 7.47. The highest BCUT2D eigenvalue weighted by molar-refractivity contribution is 14.1. The van der Waals surface area contributed by atoms with E-state index < -0.39 is 0 Å². The van der Waals surface area contributed by atoms with Crippen LogP contribution in [0.1, 0.15) is 26.5 Å². The maximum absolute atomic E-state index is 13.1. The number of hydrogen-bond acceptors (Lipinski definition) is 4. The summed E-state index contributed by atoms with van der Waals surface area (Å²) in [6.45, 7) is 2.04. The normalized spacial score (nSPS) is 10.6. The molecule has 0 aliphatic rings. The van der Waals surface area contributed by atoms with Gasteiger partial charge in [-0.3, -0.25) is 10.1 Å². The maximum atomic E-state index is 13.1. The summed E-state index contributed by atoms with van der Waals surface area (Å²) in [7, 11) is 0. The van der Waals surface area contributed by atoms with Gasteiger partial charge in [-0.05, 0) is 53.3 Å². The number of rotatable bonds is 4. The number of nitrogens with zero attached hydrogens (tertiary/aromatic N) is 2. The van der Waals surface area contributed by atoms with Crippen LogP contribution in [-0.2, 0) is 6.42 Å². The summed E-state index contributed by atoms with van der Waals surface area (Å²) in [4.78, 5) is 12.3. The molecule has 3 rings (SSSR count). The molecule has 1 N–H and O–H groups in total. The molecule has 1 amide bonds. The van der Waals surface area contributed by atoms with E-state index in [2.05, 4.69) is 39.8 Å². The Labute approximate surface area is 156 Å². The molecule has 4 nitrogen and oxygen atoms in total. The average Bonchev–Trinajstić information content (AvgIpc) is 2.96. The van der Waals surface area contributed by atoms with Gasteiger partial charge in [0.25, 0.3) is 5.91 Å². The Morgan fingerprint density at radius 1 is 1.21 bits per heavy atom. The smallest absolute Gasteiger partial charge is 0.258 e. The Kier molecular flexibility index (Phi) is 5.20. The fourth-order valence-corrected chi connectivity index (χ4v) is 3.59. The Morgan fingerprint density at radius 2 is 1.96 bits per heavy atom. The van der Waals surface area contributed by atoms with E-state index in [-0.39, 0.29) is 11.7 Å². The molecular formula is C17H13FIN3OS. The van der Waals surface area contributed by atoms with Crippen molar-refractivity contribution in [3.8, 4) is 0 Å². The van der Waals surface area contributed by atoms with Gasteiger partial charge >= 0.3 is 0 Å². The lowest BCUT2D eigenvalue weighted by Gasteiger charge is -2.03. The molecule has 0 saturated heterocycles. The number of amides is 1. The maximum Gasteiger partial charge on any atom is 0.258 e. The fourth-order valence-electron chi connectivity index (χ4n) is 2.09. The number of hydrogen-bond donors (Lipinski definition) is 1. The highest BCUT2D eigenvalue weighted by Gasteiger charge is 2.13. The third kappa shape index (κ3) is 4.15. The predicted molar refractivity (Wildman–Crippen MR) is 101 cm³/mol. The van der Waals surface area contributed by atoms with Crippen molar-refractivity contribution in [2.45, 2.75) is 13.3 Å². The van der Waals surface area contributed by atoms with Crippen LogP contribution < -0.4 is 5.32 Å². The molecule has 1 aromatic heterocycles. The van der Waals surface area contributed by atoms with Gasteiger partial charge in [0.15, 0.2) is 0 Å². The first kappa shape index (κ1) is 17.0. The molecule has 0 aliphatic heterocycles. The summed E-state index contributed by atoms with van der Waals surface area (Å²) in [5.41, 5.74) is 2.76. The van der Waals surface area contributed by atoms with Crippen LogP contribution in [-0.4, -0.2) is 16.1 Å². The second-order valence-electron chi connectivity index (χ2n) is 5.24. The molecule has 1 heterocycles. The SMILES string of the molecule is Cc1ccc(Cc2nnc(NC(=O)c3ccc(F)cc3I)s2)cc1. The number of nitrogens with one attached hydrogen (secondary N) is 1. The van der Waals surface area contributed by atoms with Crippen molar-refractivity contribution in [1.82, 2.24) is 10.2 Å².